The summed E-state index contributed by atoms with van der Waals surface area (Å²) in [6.45, 7) is 8.79. The lowest BCUT2D eigenvalue weighted by atomic mass is 9.78. The van der Waals surface area contributed by atoms with Crippen LogP contribution in [0.1, 0.15) is 52.4 Å². The van der Waals surface area contributed by atoms with Crippen molar-refractivity contribution in [3.05, 3.63) is 24.3 Å². The summed E-state index contributed by atoms with van der Waals surface area (Å²) in [5, 5.41) is 3.06. The minimum absolute atomic E-state index is 0.0152. The third-order valence-corrected chi connectivity index (χ3v) is 5.78. The molecule has 1 N–H and O–H groups in total. The molecule has 0 aromatic heterocycles. The Morgan fingerprint density at radius 2 is 1.96 bits per heavy atom. The van der Waals surface area contributed by atoms with Crippen molar-refractivity contribution in [3.8, 4) is 5.75 Å². The van der Waals surface area contributed by atoms with Gasteiger partial charge in [0.1, 0.15) is 18.0 Å². The highest BCUT2D eigenvalue weighted by atomic mass is 16.5. The number of hydrogen-bond donors (Lipinski definition) is 1. The lowest BCUT2D eigenvalue weighted by Gasteiger charge is -2.38. The molecule has 2 aliphatic rings. The van der Waals surface area contributed by atoms with Crippen LogP contribution in [-0.4, -0.2) is 49.3 Å². The summed E-state index contributed by atoms with van der Waals surface area (Å²) in [5.41, 5.74) is 0.112. The van der Waals surface area contributed by atoms with Gasteiger partial charge in [-0.05, 0) is 82.3 Å². The summed E-state index contributed by atoms with van der Waals surface area (Å²) < 4.78 is 11.8. The van der Waals surface area contributed by atoms with E-state index in [9.17, 15) is 4.79 Å². The Kier molecular flexibility index (Phi) is 7.13. The van der Waals surface area contributed by atoms with Gasteiger partial charge in [-0.25, -0.2) is 0 Å². The molecule has 1 aliphatic carbocycles. The Balaban J connectivity index is 1.52. The number of hydrogen-bond acceptors (Lipinski definition) is 4. The van der Waals surface area contributed by atoms with Gasteiger partial charge in [-0.2, -0.15) is 0 Å². The van der Waals surface area contributed by atoms with E-state index < -0.39 is 5.60 Å². The Labute approximate surface area is 163 Å². The lowest BCUT2D eigenvalue weighted by molar-refractivity contribution is -0.147. The van der Waals surface area contributed by atoms with Crippen molar-refractivity contribution in [2.24, 2.45) is 5.92 Å². The molecule has 0 radical (unpaired) electrons. The fourth-order valence-electron chi connectivity index (χ4n) is 4.36. The zero-order valence-electron chi connectivity index (χ0n) is 16.8. The molecule has 1 aromatic carbocycles. The molecule has 1 saturated carbocycles. The van der Waals surface area contributed by atoms with Crippen molar-refractivity contribution in [2.45, 2.75) is 58.0 Å². The number of amides is 1. The van der Waals surface area contributed by atoms with E-state index in [1.54, 1.807) is 0 Å². The predicted molar refractivity (Wildman–Crippen MR) is 108 cm³/mol. The Morgan fingerprint density at radius 1 is 1.22 bits per heavy atom. The fraction of sp³-hybridized carbons (Fsp3) is 0.682. The van der Waals surface area contributed by atoms with Gasteiger partial charge in [0.25, 0.3) is 5.91 Å². The van der Waals surface area contributed by atoms with Gasteiger partial charge < -0.3 is 14.8 Å². The summed E-state index contributed by atoms with van der Waals surface area (Å²) in [5.74, 6) is 1.35. The summed E-state index contributed by atoms with van der Waals surface area (Å²) in [7, 11) is 0. The Morgan fingerprint density at radius 3 is 2.63 bits per heavy atom. The van der Waals surface area contributed by atoms with E-state index in [1.165, 1.54) is 32.4 Å². The van der Waals surface area contributed by atoms with E-state index in [4.69, 9.17) is 9.47 Å². The number of rotatable bonds is 8. The molecule has 5 nitrogen and oxygen atoms in total. The maximum atomic E-state index is 13.0. The summed E-state index contributed by atoms with van der Waals surface area (Å²) in [6, 6.07) is 7.68. The monoisotopic (exact) mass is 374 g/mol. The first-order valence-electron chi connectivity index (χ1n) is 10.5. The summed E-state index contributed by atoms with van der Waals surface area (Å²) in [6.07, 6.45) is 6.41. The van der Waals surface area contributed by atoms with Gasteiger partial charge in [0.2, 0.25) is 0 Å². The maximum Gasteiger partial charge on any atom is 0.256 e. The zero-order chi connectivity index (χ0) is 19.1. The highest BCUT2D eigenvalue weighted by Crippen LogP contribution is 2.36. The molecular weight excluding hydrogens is 340 g/mol. The SMILES string of the molecule is CCOC1(C(=O)Nc2ccc(OCCN3CCCC3)cc2)CCCC(C)C1. The number of ether oxygens (including phenoxy) is 2. The number of likely N-dealkylation sites (tertiary alicyclic amines) is 1. The molecule has 1 aromatic rings. The lowest BCUT2D eigenvalue weighted by Crippen LogP contribution is -2.48. The number of nitrogens with zero attached hydrogens (tertiary/aromatic N) is 1. The second kappa shape index (κ2) is 9.56. The van der Waals surface area contributed by atoms with Crippen molar-refractivity contribution < 1.29 is 14.3 Å². The summed E-state index contributed by atoms with van der Waals surface area (Å²) >= 11 is 0. The van der Waals surface area contributed by atoms with E-state index in [0.717, 1.165) is 37.2 Å². The van der Waals surface area contributed by atoms with Crippen LogP contribution in [0, 0.1) is 5.92 Å². The highest BCUT2D eigenvalue weighted by molar-refractivity contribution is 5.97. The van der Waals surface area contributed by atoms with Crippen molar-refractivity contribution in [3.63, 3.8) is 0 Å². The first-order chi connectivity index (χ1) is 13.1. The predicted octanol–water partition coefficient (Wildman–Crippen LogP) is 4.09. The van der Waals surface area contributed by atoms with Crippen LogP contribution >= 0.6 is 0 Å². The number of nitrogens with one attached hydrogen (secondary N) is 1. The molecule has 3 rings (SSSR count). The van der Waals surface area contributed by atoms with Gasteiger partial charge in [-0.3, -0.25) is 9.69 Å². The molecule has 0 bridgehead atoms. The molecule has 2 fully saturated rings. The van der Waals surface area contributed by atoms with Crippen LogP contribution in [0.25, 0.3) is 0 Å². The van der Waals surface area contributed by atoms with E-state index in [0.29, 0.717) is 19.1 Å². The van der Waals surface area contributed by atoms with E-state index in [1.807, 2.05) is 31.2 Å². The van der Waals surface area contributed by atoms with Gasteiger partial charge in [0.05, 0.1) is 0 Å². The average molecular weight is 375 g/mol. The van der Waals surface area contributed by atoms with Gasteiger partial charge in [0, 0.05) is 18.8 Å². The molecule has 0 spiro atoms. The summed E-state index contributed by atoms with van der Waals surface area (Å²) in [4.78, 5) is 15.4. The van der Waals surface area contributed by atoms with Gasteiger partial charge >= 0.3 is 0 Å². The molecular formula is C22H34N2O3. The maximum absolute atomic E-state index is 13.0. The van der Waals surface area contributed by atoms with Gasteiger partial charge in [0.15, 0.2) is 0 Å². The number of benzene rings is 1. The molecule has 2 atom stereocenters. The average Bonchev–Trinajstić information content (AvgIpc) is 3.17. The highest BCUT2D eigenvalue weighted by Gasteiger charge is 2.42. The van der Waals surface area contributed by atoms with Crippen LogP contribution < -0.4 is 10.1 Å². The Bertz CT molecular complexity index is 594. The van der Waals surface area contributed by atoms with Crippen LogP contribution in [0.5, 0.6) is 5.75 Å². The number of anilines is 1. The van der Waals surface area contributed by atoms with Crippen LogP contribution in [0.4, 0.5) is 5.69 Å². The van der Waals surface area contributed by atoms with Crippen molar-refractivity contribution in [2.75, 3.05) is 38.2 Å². The topological polar surface area (TPSA) is 50.8 Å². The zero-order valence-corrected chi connectivity index (χ0v) is 16.8. The van der Waals surface area contributed by atoms with Crippen molar-refractivity contribution in [1.82, 2.24) is 4.90 Å². The van der Waals surface area contributed by atoms with Gasteiger partial charge in [-0.15, -0.1) is 0 Å². The smallest absolute Gasteiger partial charge is 0.256 e. The van der Waals surface area contributed by atoms with Crippen molar-refractivity contribution >= 4 is 11.6 Å². The first kappa shape index (κ1) is 20.2. The first-order valence-corrected chi connectivity index (χ1v) is 10.5. The normalized spacial score (nSPS) is 26.1. The quantitative estimate of drug-likeness (QED) is 0.745. The molecule has 1 saturated heterocycles. The minimum Gasteiger partial charge on any atom is -0.492 e. The third-order valence-electron chi connectivity index (χ3n) is 5.78. The fourth-order valence-corrected chi connectivity index (χ4v) is 4.36. The molecule has 5 heteroatoms. The van der Waals surface area contributed by atoms with Crippen LogP contribution in [0.15, 0.2) is 24.3 Å². The third kappa shape index (κ3) is 5.45. The molecule has 1 heterocycles. The van der Waals surface area contributed by atoms with Crippen LogP contribution in [0.3, 0.4) is 0 Å². The minimum atomic E-state index is -0.683. The molecule has 1 aliphatic heterocycles. The molecule has 1 amide bonds. The number of carbonyl (C=O) groups is 1. The standard InChI is InChI=1S/C22H34N2O3/c1-3-27-22(12-6-7-18(2)17-22)21(25)23-19-8-10-20(11-9-19)26-16-15-24-13-4-5-14-24/h8-11,18H,3-7,12-17H2,1-2H3,(H,23,25). The van der Waals surface area contributed by atoms with Crippen LogP contribution in [0.2, 0.25) is 0 Å². The van der Waals surface area contributed by atoms with E-state index in [2.05, 4.69) is 17.1 Å². The second-order valence-corrected chi connectivity index (χ2v) is 8.00. The van der Waals surface area contributed by atoms with Crippen molar-refractivity contribution in [1.29, 1.82) is 0 Å². The van der Waals surface area contributed by atoms with E-state index in [-0.39, 0.29) is 5.91 Å². The van der Waals surface area contributed by atoms with E-state index >= 15 is 0 Å². The molecule has 150 valence electrons. The number of carbonyl (C=O) groups excluding carboxylic acids is 1. The molecule has 2 unspecified atom stereocenters. The largest absolute Gasteiger partial charge is 0.492 e. The van der Waals surface area contributed by atoms with Gasteiger partial charge in [-0.1, -0.05) is 13.3 Å². The molecule has 27 heavy (non-hydrogen) atoms. The Hall–Kier alpha value is -1.59. The second-order valence-electron chi connectivity index (χ2n) is 8.00. The van der Waals surface area contributed by atoms with Crippen LogP contribution in [-0.2, 0) is 9.53 Å².